The van der Waals surface area contributed by atoms with Crippen LogP contribution in [0.25, 0.3) is 10.2 Å². The molecule has 0 atom stereocenters. The van der Waals surface area contributed by atoms with E-state index in [1.807, 2.05) is 24.4 Å². The summed E-state index contributed by atoms with van der Waals surface area (Å²) in [7, 11) is 0. The van der Waals surface area contributed by atoms with Crippen LogP contribution in [-0.4, -0.2) is 26.5 Å². The second kappa shape index (κ2) is 4.91. The van der Waals surface area contributed by atoms with Crippen molar-refractivity contribution in [1.82, 2.24) is 20.0 Å². The highest BCUT2D eigenvalue weighted by Gasteiger charge is 2.05. The summed E-state index contributed by atoms with van der Waals surface area (Å²) in [4.78, 5) is 4.47. The number of fused-ring (bicyclic) bond motifs is 1. The number of hydrogen-bond acceptors (Lipinski definition) is 5. The minimum atomic E-state index is 0.745. The minimum absolute atomic E-state index is 0.745. The van der Waals surface area contributed by atoms with E-state index < -0.39 is 0 Å². The van der Waals surface area contributed by atoms with Gasteiger partial charge in [-0.25, -0.2) is 4.98 Å². The van der Waals surface area contributed by atoms with Crippen LogP contribution in [0.1, 0.15) is 0 Å². The summed E-state index contributed by atoms with van der Waals surface area (Å²) in [6.45, 7) is 1.50. The largest absolute Gasteiger partial charge is 0.360 e. The standard InChI is InChI=1S/C11H10ClN5S/c12-8-2-1-3-9-10(8)18-11(15-9)13-4-6-17-7-5-14-16-17/h1-3,5,7H,4,6H2,(H,13,15). The number of hydrogen-bond donors (Lipinski definition) is 1. The summed E-state index contributed by atoms with van der Waals surface area (Å²) >= 11 is 7.67. The molecule has 3 aromatic rings. The third-order valence-corrected chi connectivity index (χ3v) is 3.95. The first-order chi connectivity index (χ1) is 8.83. The molecule has 2 heterocycles. The van der Waals surface area contributed by atoms with Gasteiger partial charge in [-0.05, 0) is 12.1 Å². The zero-order chi connectivity index (χ0) is 12.4. The number of thiazole rings is 1. The van der Waals surface area contributed by atoms with E-state index in [0.29, 0.717) is 0 Å². The molecule has 92 valence electrons. The zero-order valence-electron chi connectivity index (χ0n) is 9.38. The Morgan fingerprint density at radius 2 is 2.33 bits per heavy atom. The maximum atomic E-state index is 6.11. The summed E-state index contributed by atoms with van der Waals surface area (Å²) in [6.07, 6.45) is 3.49. The van der Waals surface area contributed by atoms with Crippen LogP contribution >= 0.6 is 22.9 Å². The van der Waals surface area contributed by atoms with Crippen LogP contribution in [0, 0.1) is 0 Å². The van der Waals surface area contributed by atoms with Crippen molar-refractivity contribution in [3.63, 3.8) is 0 Å². The van der Waals surface area contributed by atoms with Gasteiger partial charge < -0.3 is 5.32 Å². The molecule has 1 N–H and O–H groups in total. The normalized spacial score (nSPS) is 10.9. The van der Waals surface area contributed by atoms with Gasteiger partial charge in [0.2, 0.25) is 0 Å². The average Bonchev–Trinajstić information content (AvgIpc) is 2.98. The number of benzene rings is 1. The molecule has 18 heavy (non-hydrogen) atoms. The number of anilines is 1. The van der Waals surface area contributed by atoms with E-state index in [1.54, 1.807) is 22.2 Å². The van der Waals surface area contributed by atoms with Crippen molar-refractivity contribution < 1.29 is 0 Å². The minimum Gasteiger partial charge on any atom is -0.360 e. The summed E-state index contributed by atoms with van der Waals surface area (Å²) in [6, 6.07) is 5.74. The molecule has 0 aliphatic carbocycles. The van der Waals surface area contributed by atoms with Crippen LogP contribution in [-0.2, 0) is 6.54 Å². The Hall–Kier alpha value is -1.66. The van der Waals surface area contributed by atoms with E-state index in [1.165, 1.54) is 0 Å². The van der Waals surface area contributed by atoms with Crippen LogP contribution in [0.2, 0.25) is 5.02 Å². The molecule has 2 aromatic heterocycles. The third-order valence-electron chi connectivity index (χ3n) is 2.46. The van der Waals surface area contributed by atoms with Crippen molar-refractivity contribution in [1.29, 1.82) is 0 Å². The predicted octanol–water partition coefficient (Wildman–Crippen LogP) is 2.65. The van der Waals surface area contributed by atoms with E-state index in [-0.39, 0.29) is 0 Å². The number of rotatable bonds is 4. The Morgan fingerprint density at radius 1 is 1.39 bits per heavy atom. The molecule has 7 heteroatoms. The predicted molar refractivity (Wildman–Crippen MR) is 73.1 cm³/mol. The van der Waals surface area contributed by atoms with Crippen molar-refractivity contribution in [3.05, 3.63) is 35.6 Å². The van der Waals surface area contributed by atoms with Gasteiger partial charge in [-0.2, -0.15) is 0 Å². The fourth-order valence-electron chi connectivity index (χ4n) is 1.62. The summed E-state index contributed by atoms with van der Waals surface area (Å²) in [5.41, 5.74) is 0.927. The number of nitrogens with one attached hydrogen (secondary N) is 1. The molecule has 0 fully saturated rings. The molecule has 0 bridgehead atoms. The second-order valence-electron chi connectivity index (χ2n) is 3.70. The molecule has 0 amide bonds. The molecule has 0 saturated heterocycles. The molecule has 0 aliphatic rings. The van der Waals surface area contributed by atoms with Gasteiger partial charge in [0.15, 0.2) is 5.13 Å². The summed E-state index contributed by atoms with van der Waals surface area (Å²) in [5, 5.41) is 12.5. The van der Waals surface area contributed by atoms with Gasteiger partial charge in [0.25, 0.3) is 0 Å². The number of nitrogens with zero attached hydrogens (tertiary/aromatic N) is 4. The van der Waals surface area contributed by atoms with Crippen molar-refractivity contribution in [3.8, 4) is 0 Å². The van der Waals surface area contributed by atoms with E-state index in [0.717, 1.165) is 33.5 Å². The maximum Gasteiger partial charge on any atom is 0.183 e. The average molecular weight is 280 g/mol. The monoisotopic (exact) mass is 279 g/mol. The Kier molecular flexibility index (Phi) is 3.12. The number of halogens is 1. The fraction of sp³-hybridized carbons (Fsp3) is 0.182. The van der Waals surface area contributed by atoms with Gasteiger partial charge in [-0.15, -0.1) is 5.10 Å². The van der Waals surface area contributed by atoms with Crippen molar-refractivity contribution in [2.24, 2.45) is 0 Å². The Labute approximate surface area is 112 Å². The van der Waals surface area contributed by atoms with E-state index in [9.17, 15) is 0 Å². The van der Waals surface area contributed by atoms with Crippen LogP contribution in [0.5, 0.6) is 0 Å². The first-order valence-corrected chi connectivity index (χ1v) is 6.65. The highest BCUT2D eigenvalue weighted by molar-refractivity contribution is 7.22. The van der Waals surface area contributed by atoms with Gasteiger partial charge in [0.05, 0.1) is 28.0 Å². The first kappa shape index (κ1) is 11.4. The Balaban J connectivity index is 1.69. The van der Waals surface area contributed by atoms with Crippen molar-refractivity contribution >= 4 is 38.3 Å². The molecule has 3 rings (SSSR count). The van der Waals surface area contributed by atoms with Crippen LogP contribution in [0.4, 0.5) is 5.13 Å². The molecule has 0 radical (unpaired) electrons. The number of aromatic nitrogens is 4. The highest BCUT2D eigenvalue weighted by Crippen LogP contribution is 2.31. The molecular formula is C11H10ClN5S. The van der Waals surface area contributed by atoms with Crippen molar-refractivity contribution in [2.75, 3.05) is 11.9 Å². The lowest BCUT2D eigenvalue weighted by atomic mass is 10.3. The Morgan fingerprint density at radius 3 is 3.11 bits per heavy atom. The third kappa shape index (κ3) is 2.30. The van der Waals surface area contributed by atoms with Gasteiger partial charge in [0.1, 0.15) is 0 Å². The first-order valence-electron chi connectivity index (χ1n) is 5.46. The topological polar surface area (TPSA) is 55.6 Å². The van der Waals surface area contributed by atoms with Crippen LogP contribution in [0.3, 0.4) is 0 Å². The summed E-state index contributed by atoms with van der Waals surface area (Å²) in [5.74, 6) is 0. The lowest BCUT2D eigenvalue weighted by molar-refractivity contribution is 0.609. The molecule has 0 unspecified atom stereocenters. The van der Waals surface area contributed by atoms with Gasteiger partial charge in [0, 0.05) is 12.7 Å². The van der Waals surface area contributed by atoms with E-state index in [2.05, 4.69) is 20.6 Å². The van der Waals surface area contributed by atoms with Gasteiger partial charge in [-0.3, -0.25) is 4.68 Å². The molecule has 1 aromatic carbocycles. The van der Waals surface area contributed by atoms with Gasteiger partial charge in [-0.1, -0.05) is 34.2 Å². The highest BCUT2D eigenvalue weighted by atomic mass is 35.5. The van der Waals surface area contributed by atoms with E-state index >= 15 is 0 Å². The fourth-order valence-corrected chi connectivity index (χ4v) is 2.80. The van der Waals surface area contributed by atoms with Gasteiger partial charge >= 0.3 is 0 Å². The van der Waals surface area contributed by atoms with E-state index in [4.69, 9.17) is 11.6 Å². The zero-order valence-corrected chi connectivity index (χ0v) is 10.9. The van der Waals surface area contributed by atoms with Crippen LogP contribution in [0.15, 0.2) is 30.6 Å². The quantitative estimate of drug-likeness (QED) is 0.798. The summed E-state index contributed by atoms with van der Waals surface area (Å²) < 4.78 is 2.79. The second-order valence-corrected chi connectivity index (χ2v) is 5.11. The molecule has 0 aliphatic heterocycles. The SMILES string of the molecule is Clc1cccc2nc(NCCn3ccnn3)sc12. The lowest BCUT2D eigenvalue weighted by Crippen LogP contribution is -2.10. The molecular weight excluding hydrogens is 270 g/mol. The smallest absolute Gasteiger partial charge is 0.183 e. The van der Waals surface area contributed by atoms with Crippen LogP contribution < -0.4 is 5.32 Å². The molecule has 0 spiro atoms. The molecule has 0 saturated carbocycles. The maximum absolute atomic E-state index is 6.11. The molecule has 5 nitrogen and oxygen atoms in total. The lowest BCUT2D eigenvalue weighted by Gasteiger charge is -2.01. The van der Waals surface area contributed by atoms with Crippen molar-refractivity contribution in [2.45, 2.75) is 6.54 Å². The Bertz CT molecular complexity index is 649.